The molecule has 9 heteroatoms. The van der Waals surface area contributed by atoms with Gasteiger partial charge >= 0.3 is 0 Å². The van der Waals surface area contributed by atoms with Gasteiger partial charge in [0.15, 0.2) is 0 Å². The van der Waals surface area contributed by atoms with Gasteiger partial charge in [-0.3, -0.25) is 0 Å². The van der Waals surface area contributed by atoms with Crippen LogP contribution in [-0.2, 0) is 23.6 Å². The minimum Gasteiger partial charge on any atom is -0.399 e. The molecule has 2 rings (SSSR count). The molecule has 0 radical (unpaired) electrons. The van der Waals surface area contributed by atoms with Crippen molar-refractivity contribution < 1.29 is 8.42 Å². The Morgan fingerprint density at radius 3 is 2.38 bits per heavy atom. The fraction of sp³-hybridized carbons (Fsp3) is 0.250. The molecule has 2 aromatic rings. The normalized spacial score (nSPS) is 12.0. The number of benzene rings is 1. The molecule has 0 aliphatic rings. The van der Waals surface area contributed by atoms with Gasteiger partial charge in [0, 0.05) is 32.2 Å². The lowest BCUT2D eigenvalue weighted by molar-refractivity contribution is 0.451. The Hall–Kier alpha value is -1.28. The third-order valence-corrected chi connectivity index (χ3v) is 5.70. The summed E-state index contributed by atoms with van der Waals surface area (Å²) in [4.78, 5) is 3.94. The van der Waals surface area contributed by atoms with Crippen LogP contribution in [0.25, 0.3) is 0 Å². The number of imidazole rings is 1. The molecule has 0 spiro atoms. The Labute approximate surface area is 133 Å². The monoisotopic (exact) mass is 348 g/mol. The van der Waals surface area contributed by atoms with E-state index in [0.717, 1.165) is 4.31 Å². The largest absolute Gasteiger partial charge is 0.399 e. The molecule has 0 unspecified atom stereocenters. The summed E-state index contributed by atoms with van der Waals surface area (Å²) in [6.07, 6.45) is 3.33. The number of halogens is 2. The van der Waals surface area contributed by atoms with Gasteiger partial charge in [-0.2, -0.15) is 4.31 Å². The molecule has 2 N–H and O–H groups in total. The third-order valence-electron chi connectivity index (χ3n) is 2.97. The lowest BCUT2D eigenvalue weighted by atomic mass is 10.3. The number of aromatic nitrogens is 2. The van der Waals surface area contributed by atoms with Gasteiger partial charge in [0.05, 0.1) is 16.6 Å². The summed E-state index contributed by atoms with van der Waals surface area (Å²) >= 11 is 12.0. The smallest absolute Gasteiger partial charge is 0.246 e. The third kappa shape index (κ3) is 3.16. The highest BCUT2D eigenvalue weighted by molar-refractivity contribution is 7.89. The van der Waals surface area contributed by atoms with Crippen LogP contribution in [0.5, 0.6) is 0 Å². The number of hydrogen-bond donors (Lipinski definition) is 1. The Morgan fingerprint density at radius 2 is 1.90 bits per heavy atom. The van der Waals surface area contributed by atoms with E-state index in [2.05, 4.69) is 4.98 Å². The van der Waals surface area contributed by atoms with Crippen molar-refractivity contribution in [1.82, 2.24) is 13.9 Å². The van der Waals surface area contributed by atoms with E-state index >= 15 is 0 Å². The highest BCUT2D eigenvalue weighted by Gasteiger charge is 2.27. The maximum atomic E-state index is 12.6. The van der Waals surface area contributed by atoms with Crippen LogP contribution in [0.3, 0.4) is 0 Å². The molecule has 0 aliphatic carbocycles. The van der Waals surface area contributed by atoms with Gasteiger partial charge < -0.3 is 10.3 Å². The summed E-state index contributed by atoms with van der Waals surface area (Å²) in [6.45, 7) is 0.100. The number of nitrogens with two attached hydrogens (primary N) is 1. The second kappa shape index (κ2) is 5.84. The molecular formula is C12H14Cl2N4O2S. The Morgan fingerprint density at radius 1 is 1.33 bits per heavy atom. The first-order chi connectivity index (χ1) is 9.73. The van der Waals surface area contributed by atoms with Crippen molar-refractivity contribution >= 4 is 38.9 Å². The van der Waals surface area contributed by atoms with E-state index in [0.29, 0.717) is 11.5 Å². The number of nitrogen functional groups attached to an aromatic ring is 1. The van der Waals surface area contributed by atoms with Crippen LogP contribution in [0.1, 0.15) is 5.82 Å². The molecule has 1 heterocycles. The van der Waals surface area contributed by atoms with Crippen molar-refractivity contribution in [2.24, 2.45) is 7.05 Å². The maximum absolute atomic E-state index is 12.6. The molecule has 0 saturated carbocycles. The topological polar surface area (TPSA) is 81.2 Å². The van der Waals surface area contributed by atoms with Gasteiger partial charge in [0.1, 0.15) is 10.7 Å². The Bertz CT molecular complexity index is 750. The molecule has 0 fully saturated rings. The average Bonchev–Trinajstić information content (AvgIpc) is 2.73. The predicted molar refractivity (Wildman–Crippen MR) is 82.7 cm³/mol. The van der Waals surface area contributed by atoms with Crippen molar-refractivity contribution in [3.05, 3.63) is 40.4 Å². The number of anilines is 1. The zero-order valence-corrected chi connectivity index (χ0v) is 13.7. The van der Waals surface area contributed by atoms with Crippen LogP contribution >= 0.6 is 23.2 Å². The first-order valence-corrected chi connectivity index (χ1v) is 8.10. The molecular weight excluding hydrogens is 335 g/mol. The predicted octanol–water partition coefficient (Wildman–Crippen LogP) is 2.13. The molecule has 114 valence electrons. The summed E-state index contributed by atoms with van der Waals surface area (Å²) in [5.41, 5.74) is 5.89. The second-order valence-electron chi connectivity index (χ2n) is 4.53. The van der Waals surface area contributed by atoms with E-state index in [1.807, 2.05) is 0 Å². The molecule has 1 aromatic heterocycles. The standard InChI is InChI=1S/C12H14Cl2N4O2S/c1-17-4-3-16-11(17)7-18(2)21(19,20)12-9(13)5-8(15)6-10(12)14/h3-6H,7,15H2,1-2H3. The van der Waals surface area contributed by atoms with E-state index in [-0.39, 0.29) is 21.5 Å². The summed E-state index contributed by atoms with van der Waals surface area (Å²) < 4.78 is 28.1. The first-order valence-electron chi connectivity index (χ1n) is 5.90. The minimum atomic E-state index is -3.85. The van der Waals surface area contributed by atoms with Gasteiger partial charge in [-0.15, -0.1) is 0 Å². The highest BCUT2D eigenvalue weighted by Crippen LogP contribution is 2.33. The van der Waals surface area contributed by atoms with Crippen LogP contribution < -0.4 is 5.73 Å². The molecule has 0 amide bonds. The van der Waals surface area contributed by atoms with Crippen molar-refractivity contribution in [3.8, 4) is 0 Å². The quantitative estimate of drug-likeness (QED) is 0.858. The molecule has 21 heavy (non-hydrogen) atoms. The SMILES string of the molecule is CN(Cc1nccn1C)S(=O)(=O)c1c(Cl)cc(N)cc1Cl. The second-order valence-corrected chi connectivity index (χ2v) is 7.33. The van der Waals surface area contributed by atoms with E-state index in [4.69, 9.17) is 28.9 Å². The zero-order chi connectivity index (χ0) is 15.8. The maximum Gasteiger partial charge on any atom is 0.246 e. The number of hydrogen-bond acceptors (Lipinski definition) is 4. The molecule has 0 bridgehead atoms. The van der Waals surface area contributed by atoms with Crippen molar-refractivity contribution in [2.45, 2.75) is 11.4 Å². The Kier molecular flexibility index (Phi) is 4.48. The van der Waals surface area contributed by atoms with Crippen LogP contribution in [-0.4, -0.2) is 29.3 Å². The van der Waals surface area contributed by atoms with Crippen LogP contribution in [0.2, 0.25) is 10.0 Å². The molecule has 0 aliphatic heterocycles. The van der Waals surface area contributed by atoms with Gasteiger partial charge in [0.2, 0.25) is 10.0 Å². The average molecular weight is 349 g/mol. The van der Waals surface area contributed by atoms with Gasteiger partial charge in [-0.1, -0.05) is 23.2 Å². The van der Waals surface area contributed by atoms with Crippen LogP contribution in [0.15, 0.2) is 29.4 Å². The molecule has 1 aromatic carbocycles. The van der Waals surface area contributed by atoms with Crippen molar-refractivity contribution in [2.75, 3.05) is 12.8 Å². The first kappa shape index (κ1) is 16.1. The molecule has 0 saturated heterocycles. The van der Waals surface area contributed by atoms with E-state index in [9.17, 15) is 8.42 Å². The Balaban J connectivity index is 2.40. The number of aryl methyl sites for hydroxylation is 1. The van der Waals surface area contributed by atoms with E-state index in [1.54, 1.807) is 24.0 Å². The van der Waals surface area contributed by atoms with Crippen molar-refractivity contribution in [3.63, 3.8) is 0 Å². The summed E-state index contributed by atoms with van der Waals surface area (Å²) in [5.74, 6) is 0.601. The van der Waals surface area contributed by atoms with E-state index < -0.39 is 10.0 Å². The van der Waals surface area contributed by atoms with Gasteiger partial charge in [-0.05, 0) is 12.1 Å². The minimum absolute atomic E-state index is 0.00769. The van der Waals surface area contributed by atoms with Gasteiger partial charge in [-0.25, -0.2) is 13.4 Å². The summed E-state index contributed by atoms with van der Waals surface area (Å²) in [7, 11) is -0.628. The number of nitrogens with zero attached hydrogens (tertiary/aromatic N) is 3. The molecule has 0 atom stereocenters. The van der Waals surface area contributed by atoms with Crippen LogP contribution in [0.4, 0.5) is 5.69 Å². The fourth-order valence-corrected chi connectivity index (χ4v) is 4.11. The number of sulfonamides is 1. The zero-order valence-electron chi connectivity index (χ0n) is 11.4. The molecule has 6 nitrogen and oxygen atoms in total. The van der Waals surface area contributed by atoms with E-state index in [1.165, 1.54) is 19.2 Å². The number of rotatable bonds is 4. The highest BCUT2D eigenvalue weighted by atomic mass is 35.5. The lowest BCUT2D eigenvalue weighted by Gasteiger charge is -2.19. The van der Waals surface area contributed by atoms with Crippen molar-refractivity contribution in [1.29, 1.82) is 0 Å². The fourth-order valence-electron chi connectivity index (χ4n) is 1.81. The van der Waals surface area contributed by atoms with Crippen LogP contribution in [0, 0.1) is 0 Å². The van der Waals surface area contributed by atoms with Gasteiger partial charge in [0.25, 0.3) is 0 Å². The lowest BCUT2D eigenvalue weighted by Crippen LogP contribution is -2.28. The summed E-state index contributed by atoms with van der Waals surface area (Å²) in [6, 6.07) is 2.71. The summed E-state index contributed by atoms with van der Waals surface area (Å²) in [5, 5.41) is -0.0154.